The molecule has 0 heterocycles. The van der Waals surface area contributed by atoms with Crippen molar-refractivity contribution in [3.8, 4) is 0 Å². The van der Waals surface area contributed by atoms with E-state index in [0.717, 1.165) is 78.8 Å². The van der Waals surface area contributed by atoms with Crippen LogP contribution in [0.25, 0.3) is 43.1 Å². The van der Waals surface area contributed by atoms with E-state index in [0.29, 0.717) is 27.0 Å². The average Bonchev–Trinajstić information content (AvgIpc) is 3.33. The Morgan fingerprint density at radius 1 is 0.493 bits per heavy atom. The third-order valence-corrected chi connectivity index (χ3v) is 12.4. The third-order valence-electron chi connectivity index (χ3n) is 9.66. The van der Waals surface area contributed by atoms with Crippen LogP contribution in [0.2, 0.25) is 0 Å². The number of rotatable bonds is 12. The van der Waals surface area contributed by atoms with Gasteiger partial charge in [-0.3, -0.25) is 4.55 Å². The molecule has 0 radical (unpaired) electrons. The van der Waals surface area contributed by atoms with Crippen LogP contribution in [0.5, 0.6) is 0 Å². The van der Waals surface area contributed by atoms with E-state index < -0.39 is 10.1 Å². The summed E-state index contributed by atoms with van der Waals surface area (Å²) < 4.78 is 44.4. The number of nitrogen functional groups attached to an aromatic ring is 3. The SMILES string of the molecule is Cc1cccc2cccc(Nc3ccccc3)c12.Nc1cc2ccc(SOOO)cc2cc1S(=O)(=O)O.Nc1cccc2c(SOOO)cccc12.Nc1cccc2ccc(SOOO)cc12. The number of hydrogen-bond donors (Lipinski definition) is 8. The molecule has 9 aromatic carbocycles. The van der Waals surface area contributed by atoms with Gasteiger partial charge in [-0.1, -0.05) is 112 Å². The van der Waals surface area contributed by atoms with Crippen molar-refractivity contribution in [2.75, 3.05) is 22.5 Å². The van der Waals surface area contributed by atoms with Crippen LogP contribution in [0, 0.1) is 6.92 Å². The molecule has 0 saturated heterocycles. The zero-order chi connectivity index (χ0) is 47.8. The van der Waals surface area contributed by atoms with Gasteiger partial charge in [-0.05, 0) is 112 Å². The first kappa shape index (κ1) is 50.2. The zero-order valence-electron chi connectivity index (χ0n) is 35.1. The Labute approximate surface area is 397 Å². The van der Waals surface area contributed by atoms with Crippen molar-refractivity contribution >= 4 is 118 Å². The topological polar surface area (TPSA) is 261 Å². The number of nitrogens with one attached hydrogen (secondary N) is 1. The van der Waals surface area contributed by atoms with Crippen molar-refractivity contribution in [2.45, 2.75) is 26.5 Å². The summed E-state index contributed by atoms with van der Waals surface area (Å²) in [5.74, 6) is 0. The quantitative estimate of drug-likeness (QED) is 0.0186. The highest BCUT2D eigenvalue weighted by molar-refractivity contribution is 7.95. The standard InChI is InChI=1S/C17H15N.C10H9NO6S2.2C10H9NO3S/c1-13-7-5-8-14-9-6-12-16(17(13)14)18-15-10-3-2-4-11-15;11-9-4-6-1-2-8(18-17-16-12)3-7(6)5-10(9)19(13,14)15;11-9-5-1-4-8-7(9)3-2-6-10(8)15-14-13-12;11-10-3-1-2-7-4-5-8(6-9(7)10)15-14-13-12/h2-12,18H,1H3;1-5,12H,11H2,(H,13,14,15);2*1-6,12H,11H2. The number of hydrogen-bond acceptors (Lipinski definition) is 18. The molecule has 0 aliphatic carbocycles. The molecule has 16 nitrogen and oxygen atoms in total. The van der Waals surface area contributed by atoms with Crippen molar-refractivity contribution in [2.24, 2.45) is 0 Å². The van der Waals surface area contributed by atoms with Crippen LogP contribution >= 0.6 is 36.1 Å². The van der Waals surface area contributed by atoms with Crippen molar-refractivity contribution in [1.29, 1.82) is 0 Å². The van der Waals surface area contributed by atoms with Crippen molar-refractivity contribution < 1.29 is 56.9 Å². The fourth-order valence-electron chi connectivity index (χ4n) is 6.72. The Hall–Kier alpha value is -6.18. The number of aryl methyl sites for hydroxylation is 1. The van der Waals surface area contributed by atoms with Gasteiger partial charge in [0.25, 0.3) is 10.1 Å². The van der Waals surface area contributed by atoms with E-state index in [1.54, 1.807) is 18.2 Å². The van der Waals surface area contributed by atoms with E-state index in [9.17, 15) is 8.42 Å². The molecule has 9 aromatic rings. The van der Waals surface area contributed by atoms with Gasteiger partial charge in [-0.2, -0.15) is 8.42 Å². The molecular formula is C47H42N4O12S4. The van der Waals surface area contributed by atoms with Crippen LogP contribution in [0.15, 0.2) is 189 Å². The van der Waals surface area contributed by atoms with Gasteiger partial charge in [0.1, 0.15) is 4.90 Å². The molecule has 0 unspecified atom stereocenters. The fourth-order valence-corrected chi connectivity index (χ4v) is 8.67. The maximum Gasteiger partial charge on any atom is 0.296 e. The molecule has 0 aromatic heterocycles. The van der Waals surface area contributed by atoms with Crippen molar-refractivity contribution in [1.82, 2.24) is 0 Å². The van der Waals surface area contributed by atoms with E-state index in [2.05, 4.69) is 88.9 Å². The van der Waals surface area contributed by atoms with Gasteiger partial charge in [0.2, 0.25) is 0 Å². The van der Waals surface area contributed by atoms with E-state index >= 15 is 0 Å². The van der Waals surface area contributed by atoms with E-state index in [1.807, 2.05) is 91.0 Å². The van der Waals surface area contributed by atoms with Crippen molar-refractivity contribution in [3.05, 3.63) is 175 Å². The highest BCUT2D eigenvalue weighted by Crippen LogP contribution is 2.33. The largest absolute Gasteiger partial charge is 0.398 e. The molecule has 0 bridgehead atoms. The molecular weight excluding hydrogens is 941 g/mol. The van der Waals surface area contributed by atoms with Gasteiger partial charge in [0, 0.05) is 53.6 Å². The summed E-state index contributed by atoms with van der Waals surface area (Å²) in [5.41, 5.74) is 22.2. The second kappa shape index (κ2) is 24.5. The Morgan fingerprint density at radius 2 is 1.06 bits per heavy atom. The molecule has 0 aliphatic heterocycles. The molecule has 346 valence electrons. The van der Waals surface area contributed by atoms with Gasteiger partial charge in [-0.25, -0.2) is 15.8 Å². The molecule has 0 saturated carbocycles. The molecule has 9 rings (SSSR count). The van der Waals surface area contributed by atoms with Crippen molar-refractivity contribution in [3.63, 3.8) is 0 Å². The van der Waals surface area contributed by atoms with Crippen LogP contribution in [-0.4, -0.2) is 28.7 Å². The van der Waals surface area contributed by atoms with Crippen LogP contribution in [0.3, 0.4) is 0 Å². The number of nitrogens with two attached hydrogens (primary N) is 3. The maximum atomic E-state index is 11.1. The van der Waals surface area contributed by atoms with E-state index in [4.69, 9.17) is 37.5 Å². The Balaban J connectivity index is 0.000000148. The molecule has 0 fully saturated rings. The number of fused-ring (bicyclic) bond motifs is 4. The van der Waals surface area contributed by atoms with Gasteiger partial charge >= 0.3 is 0 Å². The molecule has 0 atom stereocenters. The predicted molar refractivity (Wildman–Crippen MR) is 265 cm³/mol. The monoisotopic (exact) mass is 982 g/mol. The molecule has 20 heteroatoms. The summed E-state index contributed by atoms with van der Waals surface area (Å²) in [7, 11) is -4.38. The fraction of sp³-hybridized carbons (Fsp3) is 0.0213. The summed E-state index contributed by atoms with van der Waals surface area (Å²) >= 11 is 2.58. The zero-order valence-corrected chi connectivity index (χ0v) is 38.4. The number of para-hydroxylation sites is 1. The van der Waals surface area contributed by atoms with E-state index in [-0.39, 0.29) is 10.6 Å². The molecule has 0 amide bonds. The molecule has 11 N–H and O–H groups in total. The minimum absolute atomic E-state index is 0.0367. The summed E-state index contributed by atoms with van der Waals surface area (Å²) in [6.45, 7) is 2.15. The molecule has 0 aliphatic rings. The lowest BCUT2D eigenvalue weighted by atomic mass is 10.0. The van der Waals surface area contributed by atoms with Crippen LogP contribution in [0.1, 0.15) is 5.56 Å². The second-order valence-corrected chi connectivity index (χ2v) is 17.6. The lowest BCUT2D eigenvalue weighted by Crippen LogP contribution is -2.03. The normalized spacial score (nSPS) is 11.0. The Morgan fingerprint density at radius 3 is 1.75 bits per heavy atom. The summed E-state index contributed by atoms with van der Waals surface area (Å²) in [6, 6.07) is 53.3. The van der Waals surface area contributed by atoms with Crippen LogP contribution in [0.4, 0.5) is 28.4 Å². The first-order valence-corrected chi connectivity index (χ1v) is 23.2. The lowest BCUT2D eigenvalue weighted by Gasteiger charge is -2.11. The third kappa shape index (κ3) is 13.9. The Bertz CT molecular complexity index is 3170. The van der Waals surface area contributed by atoms with E-state index in [1.165, 1.54) is 28.5 Å². The first-order valence-electron chi connectivity index (χ1n) is 19.5. The predicted octanol–water partition coefficient (Wildman–Crippen LogP) is 12.7. The van der Waals surface area contributed by atoms with Gasteiger partial charge < -0.3 is 22.5 Å². The average molecular weight is 983 g/mol. The number of benzene rings is 9. The van der Waals surface area contributed by atoms with Gasteiger partial charge in [0.15, 0.2) is 0 Å². The molecule has 0 spiro atoms. The smallest absolute Gasteiger partial charge is 0.296 e. The summed E-state index contributed by atoms with van der Waals surface area (Å²) in [4.78, 5) is 1.83. The summed E-state index contributed by atoms with van der Waals surface area (Å²) in [6.07, 6.45) is 0. The highest BCUT2D eigenvalue weighted by atomic mass is 32.2. The first-order chi connectivity index (χ1) is 32.4. The second-order valence-electron chi connectivity index (χ2n) is 14.0. The van der Waals surface area contributed by atoms with Crippen LogP contribution < -0.4 is 22.5 Å². The Kier molecular flexibility index (Phi) is 18.4. The van der Waals surface area contributed by atoms with Gasteiger partial charge in [0.05, 0.1) is 41.8 Å². The van der Waals surface area contributed by atoms with Gasteiger partial charge in [-0.15, -0.1) is 13.0 Å². The summed E-state index contributed by atoms with van der Waals surface area (Å²) in [5, 5.41) is 45.9. The minimum atomic E-state index is -4.38. The minimum Gasteiger partial charge on any atom is -0.398 e. The van der Waals surface area contributed by atoms with Crippen LogP contribution in [-0.2, 0) is 38.2 Å². The molecule has 67 heavy (non-hydrogen) atoms. The number of anilines is 5. The maximum absolute atomic E-state index is 11.1. The lowest BCUT2D eigenvalue weighted by molar-refractivity contribution is -0.432. The highest BCUT2D eigenvalue weighted by Gasteiger charge is 2.15.